The second-order valence-electron chi connectivity index (χ2n) is 9.59. The van der Waals surface area contributed by atoms with Crippen molar-refractivity contribution in [1.29, 1.82) is 0 Å². The van der Waals surface area contributed by atoms with Crippen LogP contribution in [0.2, 0.25) is 10.0 Å². The van der Waals surface area contributed by atoms with Crippen molar-refractivity contribution in [2.45, 2.75) is 33.2 Å². The molecule has 2 aromatic carbocycles. The van der Waals surface area contributed by atoms with E-state index in [0.717, 1.165) is 34.4 Å². The van der Waals surface area contributed by atoms with Crippen molar-refractivity contribution in [1.82, 2.24) is 10.2 Å². The number of nitrogens with zero attached hydrogens (tertiary/aromatic N) is 2. The third-order valence-corrected chi connectivity index (χ3v) is 6.96. The average Bonchev–Trinajstić information content (AvgIpc) is 2.93. The Hall–Kier alpha value is -3.80. The van der Waals surface area contributed by atoms with E-state index in [1.165, 1.54) is 5.56 Å². The molecule has 0 aromatic heterocycles. The molecular formula is C34H37Cl2N3O2. The van der Waals surface area contributed by atoms with Crippen LogP contribution in [0.1, 0.15) is 48.6 Å². The molecule has 0 saturated carbocycles. The Morgan fingerprint density at radius 2 is 2.05 bits per heavy atom. The fourth-order valence-electron chi connectivity index (χ4n) is 4.37. The molecule has 0 spiro atoms. The number of carbonyl (C=O) groups is 1. The molecule has 0 radical (unpaired) electrons. The number of benzene rings is 2. The van der Waals surface area contributed by atoms with Crippen molar-refractivity contribution >= 4 is 46.6 Å². The monoisotopic (exact) mass is 589 g/mol. The highest BCUT2D eigenvalue weighted by Gasteiger charge is 2.20. The van der Waals surface area contributed by atoms with Gasteiger partial charge in [0, 0.05) is 16.8 Å². The van der Waals surface area contributed by atoms with Gasteiger partial charge in [-0.15, -0.1) is 0 Å². The molecule has 0 saturated heterocycles. The third-order valence-electron chi connectivity index (χ3n) is 6.42. The van der Waals surface area contributed by atoms with Crippen molar-refractivity contribution in [2.75, 3.05) is 20.2 Å². The molecule has 1 N–H and O–H groups in total. The van der Waals surface area contributed by atoms with Gasteiger partial charge in [-0.05, 0) is 72.9 Å². The summed E-state index contributed by atoms with van der Waals surface area (Å²) >= 11 is 12.7. The molecule has 0 aliphatic carbocycles. The SMILES string of the molecule is C=CC(/C=C/C1=NC(c2ccc(Cl)cc2Cl)=CN(CC(=O)NC(C)c2cccc(C)c2/C=C\CC)C1)=C\C=C\OC. The first-order valence-corrected chi connectivity index (χ1v) is 14.3. The number of hydrogen-bond acceptors (Lipinski definition) is 4. The van der Waals surface area contributed by atoms with Crippen molar-refractivity contribution in [3.63, 3.8) is 0 Å². The van der Waals surface area contributed by atoms with Crippen LogP contribution in [0.15, 0.2) is 102 Å². The zero-order chi connectivity index (χ0) is 29.8. The van der Waals surface area contributed by atoms with Crippen LogP contribution in [0.4, 0.5) is 0 Å². The van der Waals surface area contributed by atoms with Gasteiger partial charge in [0.1, 0.15) is 0 Å². The van der Waals surface area contributed by atoms with E-state index in [1.54, 1.807) is 37.7 Å². The van der Waals surface area contributed by atoms with Gasteiger partial charge in [-0.3, -0.25) is 4.79 Å². The predicted molar refractivity (Wildman–Crippen MR) is 174 cm³/mol. The lowest BCUT2D eigenvalue weighted by molar-refractivity contribution is -0.122. The fourth-order valence-corrected chi connectivity index (χ4v) is 4.88. The van der Waals surface area contributed by atoms with Crippen LogP contribution in [-0.2, 0) is 9.53 Å². The van der Waals surface area contributed by atoms with Crippen LogP contribution in [0.5, 0.6) is 0 Å². The van der Waals surface area contributed by atoms with Crippen molar-refractivity contribution < 1.29 is 9.53 Å². The molecule has 7 heteroatoms. The maximum Gasteiger partial charge on any atom is 0.239 e. The van der Waals surface area contributed by atoms with Gasteiger partial charge in [-0.2, -0.15) is 0 Å². The molecule has 0 bridgehead atoms. The van der Waals surface area contributed by atoms with E-state index in [9.17, 15) is 4.79 Å². The van der Waals surface area contributed by atoms with Gasteiger partial charge in [-0.25, -0.2) is 4.99 Å². The molecule has 5 nitrogen and oxygen atoms in total. The number of rotatable bonds is 12. The van der Waals surface area contributed by atoms with E-state index in [2.05, 4.69) is 50.0 Å². The van der Waals surface area contributed by atoms with Gasteiger partial charge in [0.05, 0.1) is 48.9 Å². The van der Waals surface area contributed by atoms with Gasteiger partial charge in [-0.1, -0.05) is 85.3 Å². The number of ether oxygens (including phenoxy) is 1. The highest BCUT2D eigenvalue weighted by molar-refractivity contribution is 6.35. The molecular weight excluding hydrogens is 553 g/mol. The van der Waals surface area contributed by atoms with Crippen molar-refractivity contribution in [3.8, 4) is 0 Å². The zero-order valence-corrected chi connectivity index (χ0v) is 25.5. The smallest absolute Gasteiger partial charge is 0.239 e. The fraction of sp³-hybridized carbons (Fsp3) is 0.235. The van der Waals surface area contributed by atoms with Crippen molar-refractivity contribution in [2.24, 2.45) is 4.99 Å². The molecule has 2 aromatic rings. The molecule has 0 fully saturated rings. The Bertz CT molecular complexity index is 1430. The number of aliphatic imine (C=N–C) groups is 1. The first kappa shape index (κ1) is 31.7. The van der Waals surface area contributed by atoms with Crippen LogP contribution in [0, 0.1) is 6.92 Å². The summed E-state index contributed by atoms with van der Waals surface area (Å²) in [5, 5.41) is 4.20. The first-order chi connectivity index (χ1) is 19.7. The molecule has 1 heterocycles. The predicted octanol–water partition coefficient (Wildman–Crippen LogP) is 8.49. The van der Waals surface area contributed by atoms with Crippen LogP contribution < -0.4 is 5.32 Å². The number of carbonyl (C=O) groups excluding carboxylic acids is 1. The molecule has 214 valence electrons. The maximum absolute atomic E-state index is 13.3. The molecule has 3 rings (SSSR count). The Labute approximate surface area is 253 Å². The van der Waals surface area contributed by atoms with Crippen LogP contribution in [0.25, 0.3) is 11.8 Å². The maximum atomic E-state index is 13.3. The number of methoxy groups -OCH3 is 1. The minimum absolute atomic E-state index is 0.0937. The number of allylic oxidation sites excluding steroid dienone is 6. The standard InChI is InChI=1S/C34H37Cl2N3O2/c1-6-8-13-29-24(3)11-9-14-30(29)25(4)37-34(40)23-39-21-28(17-15-26(7-2)12-10-19-41-5)38-33(22-39)31-18-16-27(35)20-32(31)36/h7-20,22,25H,2,6,21,23H2,1,3-5H3,(H,37,40)/b13-8-,17-15+,19-10+,26-12+. The minimum Gasteiger partial charge on any atom is -0.504 e. The van der Waals surface area contributed by atoms with Crippen molar-refractivity contribution in [3.05, 3.63) is 130 Å². The van der Waals surface area contributed by atoms with E-state index in [0.29, 0.717) is 22.3 Å². The average molecular weight is 591 g/mol. The summed E-state index contributed by atoms with van der Waals surface area (Å²) in [5.74, 6) is -0.0937. The van der Waals surface area contributed by atoms with Gasteiger partial charge in [0.2, 0.25) is 5.91 Å². The molecule has 1 atom stereocenters. The number of hydrogen-bond donors (Lipinski definition) is 1. The lowest BCUT2D eigenvalue weighted by atomic mass is 9.96. The molecule has 41 heavy (non-hydrogen) atoms. The third kappa shape index (κ3) is 9.38. The second-order valence-corrected chi connectivity index (χ2v) is 10.4. The molecule has 1 aliphatic rings. The van der Waals surface area contributed by atoms with Gasteiger partial charge in [0.15, 0.2) is 0 Å². The van der Waals surface area contributed by atoms with Crippen LogP contribution in [0.3, 0.4) is 0 Å². The quantitative estimate of drug-likeness (QED) is 0.199. The molecule has 1 amide bonds. The number of aryl methyl sites for hydroxylation is 1. The Morgan fingerprint density at radius 1 is 1.24 bits per heavy atom. The largest absolute Gasteiger partial charge is 0.504 e. The van der Waals surface area contributed by atoms with E-state index in [4.69, 9.17) is 32.9 Å². The molecule has 1 aliphatic heterocycles. The normalized spacial score (nSPS) is 14.9. The van der Waals surface area contributed by atoms with Gasteiger partial charge < -0.3 is 15.0 Å². The highest BCUT2D eigenvalue weighted by Crippen LogP contribution is 2.30. The second kappa shape index (κ2) is 15.8. The topological polar surface area (TPSA) is 53.9 Å². The highest BCUT2D eigenvalue weighted by atomic mass is 35.5. The van der Waals surface area contributed by atoms with E-state index >= 15 is 0 Å². The zero-order valence-electron chi connectivity index (χ0n) is 24.0. The summed E-state index contributed by atoms with van der Waals surface area (Å²) in [7, 11) is 1.59. The summed E-state index contributed by atoms with van der Waals surface area (Å²) in [6.07, 6.45) is 17.9. The lowest BCUT2D eigenvalue weighted by Gasteiger charge is -2.26. The number of amides is 1. The number of nitrogens with one attached hydrogen (secondary N) is 1. The summed E-state index contributed by atoms with van der Waals surface area (Å²) in [6, 6.07) is 11.3. The summed E-state index contributed by atoms with van der Waals surface area (Å²) in [6.45, 7) is 10.7. The lowest BCUT2D eigenvalue weighted by Crippen LogP contribution is -2.39. The Kier molecular flexibility index (Phi) is 12.3. The van der Waals surface area contributed by atoms with E-state index in [1.807, 2.05) is 48.4 Å². The van der Waals surface area contributed by atoms with E-state index in [-0.39, 0.29) is 18.5 Å². The summed E-state index contributed by atoms with van der Waals surface area (Å²) < 4.78 is 4.97. The Morgan fingerprint density at radius 3 is 2.76 bits per heavy atom. The minimum atomic E-state index is -0.161. The summed E-state index contributed by atoms with van der Waals surface area (Å²) in [4.78, 5) is 20.1. The van der Waals surface area contributed by atoms with E-state index < -0.39 is 0 Å². The summed E-state index contributed by atoms with van der Waals surface area (Å²) in [5.41, 5.74) is 6.43. The van der Waals surface area contributed by atoms with Gasteiger partial charge in [0.25, 0.3) is 0 Å². The van der Waals surface area contributed by atoms with Gasteiger partial charge >= 0.3 is 0 Å². The van der Waals surface area contributed by atoms with Crippen LogP contribution in [-0.4, -0.2) is 36.7 Å². The molecule has 1 unspecified atom stereocenters. The Balaban J connectivity index is 1.85. The van der Waals surface area contributed by atoms with Crippen LogP contribution >= 0.6 is 23.2 Å². The first-order valence-electron chi connectivity index (χ1n) is 13.5. The number of halogens is 2.